The van der Waals surface area contributed by atoms with Gasteiger partial charge in [-0.2, -0.15) is 0 Å². The Labute approximate surface area is 137 Å². The number of rotatable bonds is 3. The number of anilines is 1. The molecule has 0 spiro atoms. The van der Waals surface area contributed by atoms with E-state index in [1.165, 1.54) is 0 Å². The zero-order valence-corrected chi connectivity index (χ0v) is 15.2. The maximum absolute atomic E-state index is 4.56. The van der Waals surface area contributed by atoms with Crippen molar-refractivity contribution >= 4 is 53.6 Å². The molecule has 0 bridgehead atoms. The Morgan fingerprint density at radius 1 is 1.11 bits per heavy atom. The normalized spacial score (nSPS) is 10.6. The van der Waals surface area contributed by atoms with Gasteiger partial charge >= 0.3 is 0 Å². The van der Waals surface area contributed by atoms with Crippen LogP contribution in [0.15, 0.2) is 31.6 Å². The lowest BCUT2D eigenvalue weighted by Crippen LogP contribution is -2.04. The number of aryl methyl sites for hydroxylation is 1. The minimum Gasteiger partial charge on any atom is -0.369 e. The number of nitrogens with zero attached hydrogens (tertiary/aromatic N) is 2. The van der Waals surface area contributed by atoms with Gasteiger partial charge in [0.15, 0.2) is 5.82 Å². The molecule has 100 valence electrons. The number of aromatic nitrogens is 2. The first kappa shape index (κ1) is 14.9. The van der Waals surface area contributed by atoms with Crippen LogP contribution in [0.4, 0.5) is 5.82 Å². The minimum atomic E-state index is 0.713. The Morgan fingerprint density at radius 2 is 1.84 bits per heavy atom. The van der Waals surface area contributed by atoms with Gasteiger partial charge in [0.05, 0.1) is 10.2 Å². The summed E-state index contributed by atoms with van der Waals surface area (Å²) in [6.45, 7) is 4.82. The molecule has 1 aromatic carbocycles. The summed E-state index contributed by atoms with van der Waals surface area (Å²) in [6.07, 6.45) is 0. The second kappa shape index (κ2) is 6.33. The maximum Gasteiger partial charge on any atom is 0.161 e. The van der Waals surface area contributed by atoms with E-state index in [0.717, 1.165) is 37.0 Å². The van der Waals surface area contributed by atoms with Crippen LogP contribution in [0.3, 0.4) is 0 Å². The summed E-state index contributed by atoms with van der Waals surface area (Å²) < 4.78 is 2.91. The fourth-order valence-corrected chi connectivity index (χ4v) is 2.55. The quantitative estimate of drug-likeness (QED) is 0.702. The van der Waals surface area contributed by atoms with Crippen LogP contribution < -0.4 is 5.32 Å². The monoisotopic (exact) mass is 447 g/mol. The molecule has 0 atom stereocenters. The zero-order chi connectivity index (χ0) is 14.0. The standard InChI is InChI=1S/C13H12Br3N3/c1-3-17-13-11(16)7(2)18-12(19-13)8-4-5-9(14)10(15)6-8/h4-6H,3H2,1-2H3,(H,17,18,19). The Kier molecular flexibility index (Phi) is 4.97. The highest BCUT2D eigenvalue weighted by atomic mass is 79.9. The second-order valence-corrected chi connectivity index (χ2v) is 6.46. The molecule has 0 fully saturated rings. The summed E-state index contributed by atoms with van der Waals surface area (Å²) in [4.78, 5) is 9.08. The minimum absolute atomic E-state index is 0.713. The highest BCUT2D eigenvalue weighted by Crippen LogP contribution is 2.30. The fourth-order valence-electron chi connectivity index (χ4n) is 1.61. The molecule has 2 rings (SSSR count). The average molecular weight is 450 g/mol. The van der Waals surface area contributed by atoms with Crippen LogP contribution in [0.5, 0.6) is 0 Å². The number of hydrogen-bond acceptors (Lipinski definition) is 3. The number of halogens is 3. The fraction of sp³-hybridized carbons (Fsp3) is 0.231. The molecular formula is C13H12Br3N3. The molecule has 19 heavy (non-hydrogen) atoms. The first-order chi connectivity index (χ1) is 9.02. The molecule has 0 saturated heterocycles. The third-order valence-electron chi connectivity index (χ3n) is 2.54. The number of benzene rings is 1. The van der Waals surface area contributed by atoms with Crippen molar-refractivity contribution in [3.8, 4) is 11.4 Å². The van der Waals surface area contributed by atoms with E-state index in [1.807, 2.05) is 32.0 Å². The first-order valence-corrected chi connectivity index (χ1v) is 8.14. The Hall–Kier alpha value is -0.460. The molecule has 0 amide bonds. The second-order valence-electron chi connectivity index (χ2n) is 3.95. The third-order valence-corrected chi connectivity index (χ3v) is 5.37. The van der Waals surface area contributed by atoms with Crippen molar-refractivity contribution in [2.45, 2.75) is 13.8 Å². The van der Waals surface area contributed by atoms with E-state index < -0.39 is 0 Å². The van der Waals surface area contributed by atoms with Crippen molar-refractivity contribution < 1.29 is 0 Å². The number of hydrogen-bond donors (Lipinski definition) is 1. The van der Waals surface area contributed by atoms with E-state index in [0.29, 0.717) is 5.82 Å². The molecule has 1 N–H and O–H groups in total. The van der Waals surface area contributed by atoms with Gasteiger partial charge in [-0.15, -0.1) is 0 Å². The van der Waals surface area contributed by atoms with Crippen LogP contribution in [0.2, 0.25) is 0 Å². The van der Waals surface area contributed by atoms with Crippen molar-refractivity contribution in [3.63, 3.8) is 0 Å². The summed E-state index contributed by atoms with van der Waals surface area (Å²) >= 11 is 10.5. The molecule has 0 radical (unpaired) electrons. The van der Waals surface area contributed by atoms with Gasteiger partial charge in [-0.3, -0.25) is 0 Å². The van der Waals surface area contributed by atoms with Gasteiger partial charge in [0.25, 0.3) is 0 Å². The van der Waals surface area contributed by atoms with E-state index in [9.17, 15) is 0 Å². The lowest BCUT2D eigenvalue weighted by Gasteiger charge is -2.10. The van der Waals surface area contributed by atoms with Gasteiger partial charge in [-0.1, -0.05) is 0 Å². The van der Waals surface area contributed by atoms with Gasteiger partial charge in [0.1, 0.15) is 5.82 Å². The molecule has 6 heteroatoms. The van der Waals surface area contributed by atoms with Gasteiger partial charge < -0.3 is 5.32 Å². The van der Waals surface area contributed by atoms with E-state index in [-0.39, 0.29) is 0 Å². The summed E-state index contributed by atoms with van der Waals surface area (Å²) in [5.41, 5.74) is 1.89. The Balaban J connectivity index is 2.52. The Morgan fingerprint density at radius 3 is 2.47 bits per heavy atom. The zero-order valence-electron chi connectivity index (χ0n) is 10.5. The van der Waals surface area contributed by atoms with Crippen molar-refractivity contribution in [1.82, 2.24) is 9.97 Å². The summed E-state index contributed by atoms with van der Waals surface area (Å²) in [6, 6.07) is 5.98. The van der Waals surface area contributed by atoms with E-state index >= 15 is 0 Å². The molecule has 1 heterocycles. The predicted molar refractivity (Wildman–Crippen MR) is 89.5 cm³/mol. The topological polar surface area (TPSA) is 37.8 Å². The van der Waals surface area contributed by atoms with Gasteiger partial charge in [0.2, 0.25) is 0 Å². The van der Waals surface area contributed by atoms with Crippen molar-refractivity contribution in [2.75, 3.05) is 11.9 Å². The van der Waals surface area contributed by atoms with Crippen LogP contribution in [-0.2, 0) is 0 Å². The molecule has 0 unspecified atom stereocenters. The van der Waals surface area contributed by atoms with Crippen LogP contribution in [0, 0.1) is 6.92 Å². The van der Waals surface area contributed by atoms with Gasteiger partial charge in [-0.25, -0.2) is 9.97 Å². The molecular weight excluding hydrogens is 438 g/mol. The molecule has 0 saturated carbocycles. The first-order valence-electron chi connectivity index (χ1n) is 5.76. The van der Waals surface area contributed by atoms with Gasteiger partial charge in [0, 0.05) is 21.1 Å². The van der Waals surface area contributed by atoms with Crippen LogP contribution >= 0.6 is 47.8 Å². The van der Waals surface area contributed by atoms with E-state index in [2.05, 4.69) is 63.1 Å². The average Bonchev–Trinajstić information content (AvgIpc) is 2.38. The molecule has 3 nitrogen and oxygen atoms in total. The highest BCUT2D eigenvalue weighted by Gasteiger charge is 2.11. The Bertz CT molecular complexity index is 614. The third kappa shape index (κ3) is 3.35. The van der Waals surface area contributed by atoms with Crippen molar-refractivity contribution in [1.29, 1.82) is 0 Å². The predicted octanol–water partition coefficient (Wildman–Crippen LogP) is 5.17. The summed E-state index contributed by atoms with van der Waals surface area (Å²) in [5.74, 6) is 1.54. The van der Waals surface area contributed by atoms with Crippen molar-refractivity contribution in [3.05, 3.63) is 37.3 Å². The SMILES string of the molecule is CCNc1nc(-c2ccc(Br)c(Br)c2)nc(C)c1Br. The van der Waals surface area contributed by atoms with Crippen LogP contribution in [0.1, 0.15) is 12.6 Å². The molecule has 2 aromatic rings. The molecule has 1 aromatic heterocycles. The molecule has 0 aliphatic rings. The smallest absolute Gasteiger partial charge is 0.161 e. The molecule has 0 aliphatic carbocycles. The highest BCUT2D eigenvalue weighted by molar-refractivity contribution is 9.13. The van der Waals surface area contributed by atoms with Crippen LogP contribution in [0.25, 0.3) is 11.4 Å². The van der Waals surface area contributed by atoms with Crippen molar-refractivity contribution in [2.24, 2.45) is 0 Å². The lowest BCUT2D eigenvalue weighted by atomic mass is 10.2. The van der Waals surface area contributed by atoms with E-state index in [4.69, 9.17) is 0 Å². The summed E-state index contributed by atoms with van der Waals surface area (Å²) in [5, 5.41) is 3.23. The lowest BCUT2D eigenvalue weighted by molar-refractivity contribution is 1.06. The molecule has 0 aliphatic heterocycles. The van der Waals surface area contributed by atoms with Crippen LogP contribution in [-0.4, -0.2) is 16.5 Å². The van der Waals surface area contributed by atoms with Gasteiger partial charge in [-0.05, 0) is 79.8 Å². The van der Waals surface area contributed by atoms with E-state index in [1.54, 1.807) is 0 Å². The summed E-state index contributed by atoms with van der Waals surface area (Å²) in [7, 11) is 0. The largest absolute Gasteiger partial charge is 0.369 e. The number of nitrogens with one attached hydrogen (secondary N) is 1. The maximum atomic E-state index is 4.56.